The molecule has 1 saturated heterocycles. The Morgan fingerprint density at radius 3 is 2.47 bits per heavy atom. The molecule has 6 nitrogen and oxygen atoms in total. The molecule has 1 heterocycles. The molecule has 0 spiro atoms. The van der Waals surface area contributed by atoms with E-state index in [4.69, 9.17) is 9.47 Å². The zero-order chi connectivity index (χ0) is 27.3. The Morgan fingerprint density at radius 1 is 1.11 bits per heavy atom. The number of halogens is 2. The van der Waals surface area contributed by atoms with Gasteiger partial charge >= 0.3 is 6.09 Å². The molecule has 206 valence electrons. The van der Waals surface area contributed by atoms with E-state index < -0.39 is 11.7 Å². The SMILES string of the molecule is CC(C)(C)OC(=O)N(Cc1ccc(Br)cc1F)C1CCC(C(=O)N2CCOC(Cc3ccccc3)C2)CC1. The Hall–Kier alpha value is -2.45. The number of hydrogen-bond donors (Lipinski definition) is 0. The van der Waals surface area contributed by atoms with E-state index in [9.17, 15) is 14.0 Å². The van der Waals surface area contributed by atoms with Gasteiger partial charge in [-0.15, -0.1) is 0 Å². The minimum absolute atomic E-state index is 0.00472. The van der Waals surface area contributed by atoms with Gasteiger partial charge in [-0.05, 0) is 64.2 Å². The van der Waals surface area contributed by atoms with Crippen LogP contribution in [0.4, 0.5) is 9.18 Å². The van der Waals surface area contributed by atoms with Crippen molar-refractivity contribution >= 4 is 27.9 Å². The molecular weight excluding hydrogens is 551 g/mol. The number of hydrogen-bond acceptors (Lipinski definition) is 4. The average molecular weight is 590 g/mol. The standard InChI is InChI=1S/C30H38BrFN2O4/c1-30(2,3)38-29(36)34(19-23-9-12-24(31)18-27(23)32)25-13-10-22(11-14-25)28(35)33-15-16-37-26(20-33)17-21-7-5-4-6-8-21/h4-9,12,18,22,25-26H,10-11,13-17,19-20H2,1-3H3. The van der Waals surface area contributed by atoms with Crippen LogP contribution in [0.3, 0.4) is 0 Å². The fraction of sp³-hybridized carbons (Fsp3) is 0.533. The predicted octanol–water partition coefficient (Wildman–Crippen LogP) is 6.35. The van der Waals surface area contributed by atoms with Crippen LogP contribution in [-0.2, 0) is 27.2 Å². The Labute approximate surface area is 233 Å². The van der Waals surface area contributed by atoms with Crippen molar-refractivity contribution in [2.24, 2.45) is 5.92 Å². The number of rotatable bonds is 6. The number of amides is 2. The Bertz CT molecular complexity index is 1100. The number of nitrogens with zero attached hydrogens (tertiary/aromatic N) is 2. The summed E-state index contributed by atoms with van der Waals surface area (Å²) in [5, 5.41) is 0. The van der Waals surface area contributed by atoms with Crippen molar-refractivity contribution in [1.82, 2.24) is 9.80 Å². The molecule has 1 saturated carbocycles. The van der Waals surface area contributed by atoms with E-state index in [1.54, 1.807) is 17.0 Å². The van der Waals surface area contributed by atoms with Crippen LogP contribution in [0.25, 0.3) is 0 Å². The zero-order valence-corrected chi connectivity index (χ0v) is 24.1. The van der Waals surface area contributed by atoms with Crippen molar-refractivity contribution in [1.29, 1.82) is 0 Å². The van der Waals surface area contributed by atoms with Crippen molar-refractivity contribution in [3.8, 4) is 0 Å². The van der Waals surface area contributed by atoms with E-state index in [-0.39, 0.29) is 36.3 Å². The van der Waals surface area contributed by atoms with Gasteiger partial charge in [0.25, 0.3) is 0 Å². The molecule has 38 heavy (non-hydrogen) atoms. The molecule has 1 aliphatic carbocycles. The van der Waals surface area contributed by atoms with Crippen molar-refractivity contribution < 1.29 is 23.5 Å². The van der Waals surface area contributed by atoms with Crippen LogP contribution in [0.2, 0.25) is 0 Å². The highest BCUT2D eigenvalue weighted by molar-refractivity contribution is 9.10. The van der Waals surface area contributed by atoms with Crippen molar-refractivity contribution in [2.75, 3.05) is 19.7 Å². The molecule has 2 aliphatic rings. The van der Waals surface area contributed by atoms with Gasteiger partial charge in [0.15, 0.2) is 0 Å². The fourth-order valence-corrected chi connectivity index (χ4v) is 5.64. The molecule has 2 fully saturated rings. The quantitative estimate of drug-likeness (QED) is 0.394. The molecule has 0 N–H and O–H groups in total. The van der Waals surface area contributed by atoms with Crippen molar-refractivity contribution in [2.45, 2.75) is 77.2 Å². The van der Waals surface area contributed by atoms with Gasteiger partial charge in [0.1, 0.15) is 11.4 Å². The molecule has 1 unspecified atom stereocenters. The molecule has 4 rings (SSSR count). The topological polar surface area (TPSA) is 59.1 Å². The van der Waals surface area contributed by atoms with Gasteiger partial charge in [0, 0.05) is 41.5 Å². The highest BCUT2D eigenvalue weighted by atomic mass is 79.9. The molecule has 2 aromatic rings. The lowest BCUT2D eigenvalue weighted by Gasteiger charge is -2.40. The van der Waals surface area contributed by atoms with Crippen LogP contribution >= 0.6 is 15.9 Å². The van der Waals surface area contributed by atoms with E-state index in [1.807, 2.05) is 43.9 Å². The summed E-state index contributed by atoms with van der Waals surface area (Å²) in [5.74, 6) is -0.270. The molecule has 1 aliphatic heterocycles. The number of benzene rings is 2. The highest BCUT2D eigenvalue weighted by Gasteiger charge is 2.36. The van der Waals surface area contributed by atoms with Gasteiger partial charge in [-0.1, -0.05) is 52.3 Å². The maximum Gasteiger partial charge on any atom is 0.410 e. The number of ether oxygens (including phenoxy) is 2. The Balaban J connectivity index is 1.38. The Kier molecular flexibility index (Phi) is 9.47. The second-order valence-corrected chi connectivity index (χ2v) is 12.2. The first-order valence-electron chi connectivity index (χ1n) is 13.5. The van der Waals surface area contributed by atoms with Crippen LogP contribution in [0, 0.1) is 11.7 Å². The smallest absolute Gasteiger partial charge is 0.410 e. The van der Waals surface area contributed by atoms with Crippen LogP contribution in [-0.4, -0.2) is 59.2 Å². The number of carbonyl (C=O) groups excluding carboxylic acids is 2. The fourth-order valence-electron chi connectivity index (χ4n) is 5.31. The van der Waals surface area contributed by atoms with Gasteiger partial charge in [0.2, 0.25) is 5.91 Å². The Morgan fingerprint density at radius 2 is 1.82 bits per heavy atom. The van der Waals surface area contributed by atoms with E-state index in [0.717, 1.165) is 6.42 Å². The normalized spacial score (nSPS) is 22.1. The first kappa shape index (κ1) is 28.6. The molecular formula is C30H38BrFN2O4. The minimum atomic E-state index is -0.659. The van der Waals surface area contributed by atoms with Crippen molar-refractivity contribution in [3.05, 3.63) is 69.9 Å². The molecule has 2 amide bonds. The third-order valence-electron chi connectivity index (χ3n) is 7.23. The first-order chi connectivity index (χ1) is 18.1. The third-order valence-corrected chi connectivity index (χ3v) is 7.72. The van der Waals surface area contributed by atoms with Gasteiger partial charge in [-0.25, -0.2) is 9.18 Å². The lowest BCUT2D eigenvalue weighted by molar-refractivity contribution is -0.144. The van der Waals surface area contributed by atoms with Gasteiger partial charge in [0.05, 0.1) is 19.3 Å². The lowest BCUT2D eigenvalue weighted by Crippen LogP contribution is -2.50. The largest absolute Gasteiger partial charge is 0.444 e. The van der Waals surface area contributed by atoms with E-state index in [2.05, 4.69) is 28.1 Å². The molecule has 0 aromatic heterocycles. The van der Waals surface area contributed by atoms with E-state index >= 15 is 0 Å². The summed E-state index contributed by atoms with van der Waals surface area (Å²) in [7, 11) is 0. The summed E-state index contributed by atoms with van der Waals surface area (Å²) in [6, 6.07) is 15.0. The number of morpholine rings is 1. The second-order valence-electron chi connectivity index (χ2n) is 11.3. The second kappa shape index (κ2) is 12.6. The van der Waals surface area contributed by atoms with Crippen LogP contribution in [0.1, 0.15) is 57.6 Å². The molecule has 0 radical (unpaired) electrons. The molecule has 1 atom stereocenters. The maximum absolute atomic E-state index is 14.7. The molecule has 8 heteroatoms. The summed E-state index contributed by atoms with van der Waals surface area (Å²) in [4.78, 5) is 30.2. The lowest BCUT2D eigenvalue weighted by atomic mass is 9.84. The summed E-state index contributed by atoms with van der Waals surface area (Å²) in [6.07, 6.45) is 3.05. The van der Waals surface area contributed by atoms with Crippen LogP contribution in [0.15, 0.2) is 53.0 Å². The molecule has 0 bridgehead atoms. The zero-order valence-electron chi connectivity index (χ0n) is 22.5. The van der Waals surface area contributed by atoms with Crippen LogP contribution < -0.4 is 0 Å². The van der Waals surface area contributed by atoms with Crippen molar-refractivity contribution in [3.63, 3.8) is 0 Å². The van der Waals surface area contributed by atoms with E-state index in [1.165, 1.54) is 11.6 Å². The van der Waals surface area contributed by atoms with Crippen LogP contribution in [0.5, 0.6) is 0 Å². The van der Waals surface area contributed by atoms with Gasteiger partial charge in [-0.3, -0.25) is 4.79 Å². The van der Waals surface area contributed by atoms with E-state index in [0.29, 0.717) is 55.4 Å². The highest BCUT2D eigenvalue weighted by Crippen LogP contribution is 2.32. The summed E-state index contributed by atoms with van der Waals surface area (Å²) < 4.78 is 26.9. The number of carbonyl (C=O) groups is 2. The maximum atomic E-state index is 14.7. The first-order valence-corrected chi connectivity index (χ1v) is 14.3. The van der Waals surface area contributed by atoms with Gasteiger partial charge < -0.3 is 19.3 Å². The summed E-state index contributed by atoms with van der Waals surface area (Å²) in [5.41, 5.74) is 0.986. The monoisotopic (exact) mass is 588 g/mol. The average Bonchev–Trinajstić information content (AvgIpc) is 2.88. The summed E-state index contributed by atoms with van der Waals surface area (Å²) >= 11 is 3.29. The van der Waals surface area contributed by atoms with Gasteiger partial charge in [-0.2, -0.15) is 0 Å². The summed E-state index contributed by atoms with van der Waals surface area (Å²) in [6.45, 7) is 7.36. The predicted molar refractivity (Wildman–Crippen MR) is 148 cm³/mol. The third kappa shape index (κ3) is 7.79. The minimum Gasteiger partial charge on any atom is -0.444 e. The molecule has 2 aromatic carbocycles.